The summed E-state index contributed by atoms with van der Waals surface area (Å²) >= 11 is 1.31. The molecule has 3 N–H and O–H groups in total. The number of nitrogens with zero attached hydrogens (tertiary/aromatic N) is 2. The summed E-state index contributed by atoms with van der Waals surface area (Å²) in [4.78, 5) is 34.2. The SMILES string of the molecule is Cc1ccc(C(=O)NC2CC2)cc1NC(=O)c1sc(NCc2ccncc2)nc1C. The molecule has 0 saturated heterocycles. The maximum Gasteiger partial charge on any atom is 0.267 e. The lowest BCUT2D eigenvalue weighted by Gasteiger charge is -2.10. The fourth-order valence-electron chi connectivity index (χ4n) is 2.93. The minimum absolute atomic E-state index is 0.107. The van der Waals surface area contributed by atoms with E-state index < -0.39 is 0 Å². The number of aryl methyl sites for hydroxylation is 2. The summed E-state index contributed by atoms with van der Waals surface area (Å²) in [5.74, 6) is -0.339. The van der Waals surface area contributed by atoms with Crippen LogP contribution in [0.5, 0.6) is 0 Å². The van der Waals surface area contributed by atoms with Gasteiger partial charge < -0.3 is 16.0 Å². The van der Waals surface area contributed by atoms with Gasteiger partial charge in [-0.3, -0.25) is 14.6 Å². The number of benzene rings is 1. The molecule has 2 amide bonds. The molecule has 0 aliphatic heterocycles. The maximum absolute atomic E-state index is 12.9. The molecule has 0 unspecified atom stereocenters. The van der Waals surface area contributed by atoms with Gasteiger partial charge in [0.1, 0.15) is 4.88 Å². The Morgan fingerprint density at radius 2 is 1.87 bits per heavy atom. The van der Waals surface area contributed by atoms with Crippen molar-refractivity contribution in [2.24, 2.45) is 0 Å². The maximum atomic E-state index is 12.9. The summed E-state index contributed by atoms with van der Waals surface area (Å²) in [7, 11) is 0. The molecule has 2 heterocycles. The normalized spacial score (nSPS) is 13.0. The summed E-state index contributed by atoms with van der Waals surface area (Å²) < 4.78 is 0. The Kier molecular flexibility index (Phi) is 5.76. The second-order valence-corrected chi connectivity index (χ2v) is 8.37. The van der Waals surface area contributed by atoms with Gasteiger partial charge in [0.15, 0.2) is 5.13 Å². The lowest BCUT2D eigenvalue weighted by molar-refractivity contribution is 0.0949. The second kappa shape index (κ2) is 8.62. The van der Waals surface area contributed by atoms with Gasteiger partial charge in [0.05, 0.1) is 5.69 Å². The van der Waals surface area contributed by atoms with Crippen LogP contribution in [0.15, 0.2) is 42.7 Å². The number of nitrogens with one attached hydrogen (secondary N) is 3. The number of carbonyl (C=O) groups excluding carboxylic acids is 2. The number of hydrogen-bond donors (Lipinski definition) is 3. The van der Waals surface area contributed by atoms with Crippen LogP contribution < -0.4 is 16.0 Å². The molecule has 0 atom stereocenters. The van der Waals surface area contributed by atoms with Gasteiger partial charge >= 0.3 is 0 Å². The first kappa shape index (κ1) is 20.0. The highest BCUT2D eigenvalue weighted by atomic mass is 32.1. The third kappa shape index (κ3) is 4.83. The van der Waals surface area contributed by atoms with Crippen molar-refractivity contribution in [1.29, 1.82) is 0 Å². The molecule has 7 nitrogen and oxygen atoms in total. The number of pyridine rings is 1. The number of rotatable bonds is 7. The lowest BCUT2D eigenvalue weighted by atomic mass is 10.1. The third-order valence-electron chi connectivity index (χ3n) is 4.86. The van der Waals surface area contributed by atoms with Crippen molar-refractivity contribution in [3.63, 3.8) is 0 Å². The number of anilines is 2. The molecular formula is C22H23N5O2S. The molecule has 154 valence electrons. The number of hydrogen-bond acceptors (Lipinski definition) is 6. The standard InChI is InChI=1S/C22H23N5O2S/c1-13-3-4-16(20(28)26-17-5-6-17)11-18(13)27-21(29)19-14(2)25-22(30-19)24-12-15-7-9-23-10-8-15/h3-4,7-11,17H,5-6,12H2,1-2H3,(H,24,25)(H,26,28)(H,27,29). The summed E-state index contributed by atoms with van der Waals surface area (Å²) in [5, 5.41) is 9.84. The highest BCUT2D eigenvalue weighted by Gasteiger charge is 2.24. The van der Waals surface area contributed by atoms with E-state index in [1.807, 2.05) is 32.0 Å². The molecule has 3 aromatic rings. The average Bonchev–Trinajstić information content (AvgIpc) is 3.48. The number of carbonyl (C=O) groups is 2. The third-order valence-corrected chi connectivity index (χ3v) is 5.97. The predicted octanol–water partition coefficient (Wildman–Crippen LogP) is 3.91. The van der Waals surface area contributed by atoms with Crippen molar-refractivity contribution in [3.8, 4) is 0 Å². The summed E-state index contributed by atoms with van der Waals surface area (Å²) in [6.45, 7) is 4.32. The molecule has 1 aliphatic carbocycles. The largest absolute Gasteiger partial charge is 0.357 e. The summed E-state index contributed by atoms with van der Waals surface area (Å²) in [6, 6.07) is 9.49. The first-order chi connectivity index (χ1) is 14.5. The fourth-order valence-corrected chi connectivity index (χ4v) is 3.79. The van der Waals surface area contributed by atoms with Crippen molar-refractivity contribution in [2.75, 3.05) is 10.6 Å². The van der Waals surface area contributed by atoms with Crippen LogP contribution >= 0.6 is 11.3 Å². The first-order valence-electron chi connectivity index (χ1n) is 9.82. The second-order valence-electron chi connectivity index (χ2n) is 7.37. The molecule has 1 aliphatic rings. The lowest BCUT2D eigenvalue weighted by Crippen LogP contribution is -2.25. The van der Waals surface area contributed by atoms with Gasteiger partial charge in [0.25, 0.3) is 11.8 Å². The van der Waals surface area contributed by atoms with E-state index in [1.165, 1.54) is 11.3 Å². The highest BCUT2D eigenvalue weighted by Crippen LogP contribution is 2.26. The van der Waals surface area contributed by atoms with E-state index in [0.717, 1.165) is 24.0 Å². The van der Waals surface area contributed by atoms with Crippen molar-refractivity contribution in [1.82, 2.24) is 15.3 Å². The molecule has 0 bridgehead atoms. The number of aromatic nitrogens is 2. The zero-order valence-corrected chi connectivity index (χ0v) is 17.7. The molecule has 1 fully saturated rings. The van der Waals surface area contributed by atoms with Crippen molar-refractivity contribution < 1.29 is 9.59 Å². The van der Waals surface area contributed by atoms with Crippen LogP contribution in [0.4, 0.5) is 10.8 Å². The molecule has 30 heavy (non-hydrogen) atoms. The number of amides is 2. The molecule has 8 heteroatoms. The number of thiazole rings is 1. The predicted molar refractivity (Wildman–Crippen MR) is 118 cm³/mol. The monoisotopic (exact) mass is 421 g/mol. The van der Waals surface area contributed by atoms with E-state index in [-0.39, 0.29) is 17.9 Å². The smallest absolute Gasteiger partial charge is 0.267 e. The van der Waals surface area contributed by atoms with Gasteiger partial charge in [-0.2, -0.15) is 0 Å². The van der Waals surface area contributed by atoms with E-state index in [2.05, 4.69) is 25.9 Å². The minimum atomic E-state index is -0.232. The van der Waals surface area contributed by atoms with E-state index >= 15 is 0 Å². The van der Waals surface area contributed by atoms with Crippen LogP contribution in [0.2, 0.25) is 0 Å². The molecule has 4 rings (SSSR count). The van der Waals surface area contributed by atoms with E-state index in [1.54, 1.807) is 24.5 Å². The van der Waals surface area contributed by atoms with Crippen LogP contribution in [0.25, 0.3) is 0 Å². The molecule has 1 aromatic carbocycles. The molecule has 2 aromatic heterocycles. The van der Waals surface area contributed by atoms with Crippen molar-refractivity contribution in [3.05, 3.63) is 70.0 Å². The topological polar surface area (TPSA) is 96.0 Å². The fraction of sp³-hybridized carbons (Fsp3) is 0.273. The van der Waals surface area contributed by atoms with Crippen LogP contribution in [-0.2, 0) is 6.54 Å². The van der Waals surface area contributed by atoms with E-state index in [4.69, 9.17) is 0 Å². The van der Waals surface area contributed by atoms with Crippen LogP contribution in [0.1, 0.15) is 49.7 Å². The molecule has 0 radical (unpaired) electrons. The Morgan fingerprint density at radius 1 is 1.10 bits per heavy atom. The molecule has 1 saturated carbocycles. The highest BCUT2D eigenvalue weighted by molar-refractivity contribution is 7.17. The molecule has 0 spiro atoms. The van der Waals surface area contributed by atoms with E-state index in [9.17, 15) is 9.59 Å². The van der Waals surface area contributed by atoms with Crippen molar-refractivity contribution in [2.45, 2.75) is 39.3 Å². The Hall–Kier alpha value is -3.26. The molecular weight excluding hydrogens is 398 g/mol. The van der Waals surface area contributed by atoms with Crippen LogP contribution in [0.3, 0.4) is 0 Å². The quantitative estimate of drug-likeness (QED) is 0.537. The van der Waals surface area contributed by atoms with Gasteiger partial charge in [-0.1, -0.05) is 17.4 Å². The van der Waals surface area contributed by atoms with Gasteiger partial charge in [-0.25, -0.2) is 4.98 Å². The van der Waals surface area contributed by atoms with Crippen molar-refractivity contribution >= 4 is 34.0 Å². The Morgan fingerprint density at radius 3 is 2.60 bits per heavy atom. The van der Waals surface area contributed by atoms with Crippen LogP contribution in [-0.4, -0.2) is 27.8 Å². The summed E-state index contributed by atoms with van der Waals surface area (Å²) in [6.07, 6.45) is 5.54. The Bertz CT molecular complexity index is 1080. The first-order valence-corrected chi connectivity index (χ1v) is 10.6. The van der Waals surface area contributed by atoms with Crippen LogP contribution in [0, 0.1) is 13.8 Å². The van der Waals surface area contributed by atoms with E-state index in [0.29, 0.717) is 33.5 Å². The average molecular weight is 422 g/mol. The van der Waals surface area contributed by atoms with Gasteiger partial charge in [0, 0.05) is 36.2 Å². The zero-order chi connectivity index (χ0) is 21.1. The van der Waals surface area contributed by atoms with Gasteiger partial charge in [0.2, 0.25) is 0 Å². The summed E-state index contributed by atoms with van der Waals surface area (Å²) in [5.41, 5.74) is 3.81. The Balaban J connectivity index is 1.44. The van der Waals surface area contributed by atoms with Gasteiger partial charge in [-0.15, -0.1) is 0 Å². The Labute approximate surface area is 179 Å². The minimum Gasteiger partial charge on any atom is -0.357 e. The van der Waals surface area contributed by atoms with Gasteiger partial charge in [-0.05, 0) is 62.1 Å². The zero-order valence-electron chi connectivity index (χ0n) is 16.9.